The van der Waals surface area contributed by atoms with Gasteiger partial charge in [0.2, 0.25) is 11.8 Å². The van der Waals surface area contributed by atoms with Crippen LogP contribution in [0.4, 0.5) is 4.79 Å². The molecule has 6 bridgehead atoms. The van der Waals surface area contributed by atoms with Crippen molar-refractivity contribution in [3.05, 3.63) is 70.8 Å². The second kappa shape index (κ2) is 19.6. The molecule has 0 aliphatic carbocycles. The summed E-state index contributed by atoms with van der Waals surface area (Å²) in [6.45, 7) is 18.5. The number of methoxy groups -OCH3 is 1. The third-order valence-electron chi connectivity index (χ3n) is 14.3. The van der Waals surface area contributed by atoms with Crippen LogP contribution >= 0.6 is 11.3 Å². The van der Waals surface area contributed by atoms with Crippen LogP contribution in [0.1, 0.15) is 76.8 Å². The molecule has 68 heavy (non-hydrogen) atoms. The minimum Gasteiger partial charge on any atom is -0.378 e. The average molecular weight is 963 g/mol. The average Bonchev–Trinajstić information content (AvgIpc) is 4.00. The van der Waals surface area contributed by atoms with Crippen molar-refractivity contribution in [3.8, 4) is 22.5 Å². The van der Waals surface area contributed by atoms with Crippen LogP contribution in [0.5, 0.6) is 0 Å². The fourth-order valence-corrected chi connectivity index (χ4v) is 11.8. The first kappa shape index (κ1) is 49.2. The molecule has 2 N–H and O–H groups in total. The van der Waals surface area contributed by atoms with Crippen molar-refractivity contribution in [3.63, 3.8) is 0 Å². The predicted octanol–water partition coefficient (Wildman–Crippen LogP) is 5.15. The van der Waals surface area contributed by atoms with Crippen LogP contribution < -0.4 is 10.7 Å². The van der Waals surface area contributed by atoms with E-state index in [1.807, 2.05) is 32.2 Å². The molecule has 0 saturated carbocycles. The number of hydrazine groups is 1. The maximum Gasteiger partial charge on any atom is 0.320 e. The Morgan fingerprint density at radius 3 is 2.63 bits per heavy atom. The van der Waals surface area contributed by atoms with Crippen molar-refractivity contribution in [2.75, 3.05) is 53.6 Å². The number of nitrogens with zero attached hydrogens (tertiary/aromatic N) is 7. The Kier molecular flexibility index (Phi) is 14.2. The fourth-order valence-electron chi connectivity index (χ4n) is 10.7. The molecule has 3 fully saturated rings. The molecule has 4 aliphatic heterocycles. The van der Waals surface area contributed by atoms with Gasteiger partial charge in [-0.05, 0) is 80.3 Å². The number of hydrogen-bond donors (Lipinski definition) is 2. The van der Waals surface area contributed by atoms with Gasteiger partial charge in [-0.1, -0.05) is 40.3 Å². The van der Waals surface area contributed by atoms with Crippen LogP contribution in [0, 0.1) is 17.3 Å². The molecule has 6 atom stereocenters. The van der Waals surface area contributed by atoms with E-state index in [1.165, 1.54) is 27.3 Å². The number of nitrogens with one attached hydrogen (secondary N) is 2. The number of aromatic nitrogens is 3. The number of fused-ring (bicyclic) bond motifs is 7. The molecule has 4 aromatic rings. The Morgan fingerprint density at radius 1 is 1.15 bits per heavy atom. The van der Waals surface area contributed by atoms with Gasteiger partial charge < -0.3 is 38.9 Å². The number of aryl methyl sites for hydroxylation is 1. The molecule has 0 unspecified atom stereocenters. The van der Waals surface area contributed by atoms with Crippen LogP contribution in [0.25, 0.3) is 33.4 Å². The normalized spacial score (nSPS) is 23.6. The second-order valence-corrected chi connectivity index (χ2v) is 21.4. The smallest absolute Gasteiger partial charge is 0.320 e. The Balaban J connectivity index is 1.16. The maximum atomic E-state index is 14.9. The van der Waals surface area contributed by atoms with E-state index in [1.54, 1.807) is 30.2 Å². The molecule has 1 aromatic carbocycles. The van der Waals surface area contributed by atoms with Crippen LogP contribution in [0.2, 0.25) is 0 Å². The minimum absolute atomic E-state index is 0.0125. The highest BCUT2D eigenvalue weighted by atomic mass is 32.1. The third-order valence-corrected chi connectivity index (χ3v) is 15.6. The number of likely N-dealkylation sites (N-methyl/N-ethyl adjacent to an activating group) is 1. The highest BCUT2D eigenvalue weighted by molar-refractivity contribution is 7.10. The fraction of sp³-hybridized carbons (Fsp3) is 0.540. The second-order valence-electron chi connectivity index (χ2n) is 20.0. The predicted molar refractivity (Wildman–Crippen MR) is 261 cm³/mol. The number of thiazole rings is 1. The molecule has 3 saturated heterocycles. The summed E-state index contributed by atoms with van der Waals surface area (Å²) in [5.74, 6) is -1.26. The number of pyridine rings is 1. The molecule has 5 amide bonds. The molecular formula is C50H64N9O7SSi. The number of likely N-dealkylation sites (tertiary alicyclic amines) is 2. The number of carbonyl (C=O) groups is 5. The van der Waals surface area contributed by atoms with Gasteiger partial charge in [-0.15, -0.1) is 11.3 Å². The maximum absolute atomic E-state index is 14.9. The summed E-state index contributed by atoms with van der Waals surface area (Å²) in [5.41, 5.74) is 8.30. The summed E-state index contributed by atoms with van der Waals surface area (Å²) in [7, 11) is 6.64. The Hall–Kier alpha value is -5.27. The van der Waals surface area contributed by atoms with E-state index in [0.717, 1.165) is 44.7 Å². The number of hydrogen-bond acceptors (Lipinski definition) is 11. The van der Waals surface area contributed by atoms with E-state index in [0.29, 0.717) is 57.1 Å². The van der Waals surface area contributed by atoms with E-state index in [-0.39, 0.29) is 60.9 Å². The van der Waals surface area contributed by atoms with Gasteiger partial charge in [-0.2, -0.15) is 0 Å². The molecular weight excluding hydrogens is 899 g/mol. The number of carbonyl (C=O) groups excluding carboxylic acids is 5. The SMILES string of the molecule is C=CC(=O)N1C[C@@H]2CN(C(=O)N(C)[C@H](C(=O)N[C@H]3Cc4nc(cs4)-c4ccc5c(c4)c(c(-c4cccnc4[C@H](C)OC)n5CC)CC(C)(C)COC[C@]4(C(=O)[Si])CCCN(N4)C3=O)C(C)C)[C@@H]2C1. The number of benzene rings is 1. The third kappa shape index (κ3) is 9.29. The van der Waals surface area contributed by atoms with E-state index in [4.69, 9.17) is 19.4 Å². The molecule has 3 radical (unpaired) electrons. The van der Waals surface area contributed by atoms with Crippen LogP contribution in [0.15, 0.2) is 54.6 Å². The lowest BCUT2D eigenvalue weighted by molar-refractivity contribution is -0.148. The topological polar surface area (TPSA) is 172 Å². The summed E-state index contributed by atoms with van der Waals surface area (Å²) >= 11 is 1.40. The summed E-state index contributed by atoms with van der Waals surface area (Å²) in [6, 6.07) is 7.97. The van der Waals surface area contributed by atoms with E-state index in [2.05, 4.69) is 77.2 Å². The number of amides is 5. The Bertz CT molecular complexity index is 2610. The van der Waals surface area contributed by atoms with Gasteiger partial charge in [0.25, 0.3) is 5.91 Å². The summed E-state index contributed by atoms with van der Waals surface area (Å²) in [4.78, 5) is 84.4. The Morgan fingerprint density at radius 2 is 1.93 bits per heavy atom. The lowest BCUT2D eigenvalue weighted by Crippen LogP contribution is -2.69. The van der Waals surface area contributed by atoms with Gasteiger partial charge in [0.15, 0.2) is 0 Å². The standard InChI is InChI=1S/C50H64N9O7SSi/c1-10-41(60)56-23-32-24-58(39(32)25-56)48(64)55(8)43(29(3)4)45(61)53-36-21-40-52-37(26-67-40)31-15-16-38-34(20-31)35(44(57(38)11-2)33-14-12-18-51-42(33)30(5)65-9)22-49(6,7)27-66-28-50(47(63)68)17-13-19-59(54-50)46(36)62/h10,12,14-16,18,20,26,29-30,32,36,39,43,54H,1,11,13,17,19,21-25,27-28H2,2-9H3,(H,53,61)/t30-,32+,36-,39+,43-,50-/m0/s1. The van der Waals surface area contributed by atoms with Gasteiger partial charge in [0.05, 0.1) is 47.4 Å². The first-order valence-corrected chi connectivity index (χ1v) is 25.0. The van der Waals surface area contributed by atoms with Crippen LogP contribution in [-0.2, 0) is 48.0 Å². The summed E-state index contributed by atoms with van der Waals surface area (Å²) < 4.78 is 14.7. The summed E-state index contributed by atoms with van der Waals surface area (Å²) in [5, 5.41) is 7.81. The molecule has 16 nitrogen and oxygen atoms in total. The van der Waals surface area contributed by atoms with Crippen molar-refractivity contribution in [2.24, 2.45) is 17.3 Å². The van der Waals surface area contributed by atoms with Gasteiger partial charge >= 0.3 is 6.03 Å². The van der Waals surface area contributed by atoms with Gasteiger partial charge in [-0.3, -0.25) is 24.4 Å². The van der Waals surface area contributed by atoms with Gasteiger partial charge in [0, 0.05) is 92.8 Å². The zero-order valence-corrected chi connectivity index (χ0v) is 42.3. The van der Waals surface area contributed by atoms with Crippen LogP contribution in [0.3, 0.4) is 0 Å². The van der Waals surface area contributed by atoms with Crippen LogP contribution in [-0.4, -0.2) is 151 Å². The zero-order valence-electron chi connectivity index (χ0n) is 40.5. The molecule has 3 aromatic heterocycles. The minimum atomic E-state index is -1.28. The summed E-state index contributed by atoms with van der Waals surface area (Å²) in [6.07, 6.45) is 4.43. The Labute approximate surface area is 406 Å². The van der Waals surface area contributed by atoms with E-state index in [9.17, 15) is 24.0 Å². The lowest BCUT2D eigenvalue weighted by Gasteiger charge is -2.46. The number of urea groups is 1. The lowest BCUT2D eigenvalue weighted by atomic mass is 9.84. The van der Waals surface area contributed by atoms with Gasteiger partial charge in [-0.25, -0.2) is 15.2 Å². The molecule has 361 valence electrons. The number of ether oxygens (including phenoxy) is 2. The van der Waals surface area contributed by atoms with Crippen molar-refractivity contribution in [2.45, 2.75) is 104 Å². The monoisotopic (exact) mass is 962 g/mol. The largest absolute Gasteiger partial charge is 0.378 e. The first-order valence-electron chi connectivity index (χ1n) is 23.7. The first-order chi connectivity index (χ1) is 32.4. The zero-order chi connectivity index (χ0) is 48.8. The van der Waals surface area contributed by atoms with Crippen molar-refractivity contribution >= 4 is 61.6 Å². The van der Waals surface area contributed by atoms with E-state index < -0.39 is 34.9 Å². The van der Waals surface area contributed by atoms with Crippen molar-refractivity contribution in [1.82, 2.24) is 45.0 Å². The van der Waals surface area contributed by atoms with Gasteiger partial charge in [0.1, 0.15) is 33.3 Å². The quantitative estimate of drug-likeness (QED) is 0.160. The molecule has 0 spiro atoms. The molecule has 7 heterocycles. The van der Waals surface area contributed by atoms with E-state index >= 15 is 0 Å². The van der Waals surface area contributed by atoms with Crippen molar-refractivity contribution < 1.29 is 33.4 Å². The molecule has 8 rings (SSSR count). The van der Waals surface area contributed by atoms with Crippen molar-refractivity contribution in [1.29, 1.82) is 0 Å². The highest BCUT2D eigenvalue weighted by Crippen LogP contribution is 2.42. The highest BCUT2D eigenvalue weighted by Gasteiger charge is 2.51. The molecule has 4 aliphatic rings. The number of rotatable bonds is 10. The molecule has 18 heteroatoms.